The molecule has 4 saturated carbocycles. The summed E-state index contributed by atoms with van der Waals surface area (Å²) in [6.07, 6.45) is 12.3. The average molecular weight is 1140 g/mol. The largest absolute Gasteiger partial charge is 0.458 e. The van der Waals surface area contributed by atoms with Gasteiger partial charge in [0.2, 0.25) is 5.79 Å². The number of hydrogen-bond donors (Lipinski definition) is 0. The molecular weight excluding hydrogens is 1050 g/mol. The van der Waals surface area contributed by atoms with Crippen LogP contribution >= 0.6 is 23.2 Å². The molecule has 0 amide bonds. The van der Waals surface area contributed by atoms with Gasteiger partial charge >= 0.3 is 23.9 Å². The van der Waals surface area contributed by atoms with Crippen LogP contribution in [-0.4, -0.2) is 67.6 Å². The second kappa shape index (κ2) is 26.2. The normalized spacial score (nSPS) is 29.5. The highest BCUT2D eigenvalue weighted by Crippen LogP contribution is 2.63. The highest BCUT2D eigenvalue weighted by atomic mass is 35.5. The molecule has 2 spiro atoms. The lowest BCUT2D eigenvalue weighted by atomic mass is 9.81. The van der Waals surface area contributed by atoms with Gasteiger partial charge in [-0.05, 0) is 170 Å². The van der Waals surface area contributed by atoms with Crippen LogP contribution in [0, 0.1) is 22.7 Å². The Morgan fingerprint density at radius 1 is 0.550 bits per heavy atom. The van der Waals surface area contributed by atoms with E-state index in [2.05, 4.69) is 48.5 Å². The summed E-state index contributed by atoms with van der Waals surface area (Å²) in [5.74, 6) is -2.27. The van der Waals surface area contributed by atoms with E-state index in [0.29, 0.717) is 57.5 Å². The van der Waals surface area contributed by atoms with E-state index in [1.807, 2.05) is 64.1 Å². The van der Waals surface area contributed by atoms with E-state index < -0.39 is 60.2 Å². The molecule has 11 nitrogen and oxygen atoms in total. The summed E-state index contributed by atoms with van der Waals surface area (Å²) in [4.78, 5) is 48.4. The number of esters is 4. The molecule has 80 heavy (non-hydrogen) atoms. The van der Waals surface area contributed by atoms with E-state index in [1.54, 1.807) is 0 Å². The van der Waals surface area contributed by atoms with E-state index in [0.717, 1.165) is 28.7 Å². The Morgan fingerprint density at radius 2 is 0.988 bits per heavy atom. The third-order valence-corrected chi connectivity index (χ3v) is 19.1. The number of halogens is 2. The fourth-order valence-electron chi connectivity index (χ4n) is 13.6. The first kappa shape index (κ1) is 62.8. The first-order valence-corrected chi connectivity index (χ1v) is 29.4. The van der Waals surface area contributed by atoms with E-state index in [9.17, 15) is 19.2 Å². The highest BCUT2D eigenvalue weighted by Gasteiger charge is 2.59. The Balaban J connectivity index is 0.000000226. The third kappa shape index (κ3) is 14.0. The van der Waals surface area contributed by atoms with Crippen molar-refractivity contribution >= 4 is 47.1 Å². The summed E-state index contributed by atoms with van der Waals surface area (Å²) < 4.78 is 42.1. The topological polar surface area (TPSA) is 133 Å². The predicted molar refractivity (Wildman–Crippen MR) is 314 cm³/mol. The monoisotopic (exact) mass is 1140 g/mol. The van der Waals surface area contributed by atoms with Crippen molar-refractivity contribution in [2.75, 3.05) is 7.11 Å². The van der Waals surface area contributed by atoms with Crippen molar-refractivity contribution in [3.8, 4) is 0 Å². The minimum Gasteiger partial charge on any atom is -0.458 e. The molecular formula is C67H88Cl2O11. The second-order valence-corrected chi connectivity index (χ2v) is 24.6. The van der Waals surface area contributed by atoms with Crippen LogP contribution in [0.4, 0.5) is 0 Å². The van der Waals surface area contributed by atoms with Gasteiger partial charge in [0.25, 0.3) is 0 Å². The van der Waals surface area contributed by atoms with Gasteiger partial charge in [0, 0.05) is 62.2 Å². The first-order chi connectivity index (χ1) is 37.3. The van der Waals surface area contributed by atoms with Crippen LogP contribution in [-0.2, 0) is 71.0 Å². The smallest absolute Gasteiger partial charge is 0.303 e. The Bertz CT molecular complexity index is 2790. The average Bonchev–Trinajstić information content (AvgIpc) is 4.28. The maximum Gasteiger partial charge on any atom is 0.303 e. The molecule has 0 aromatic heterocycles. The van der Waals surface area contributed by atoms with Gasteiger partial charge in [0.05, 0.1) is 12.2 Å². The summed E-state index contributed by atoms with van der Waals surface area (Å²) in [6.45, 7) is 13.4. The third-order valence-electron chi connectivity index (χ3n) is 18.3. The summed E-state index contributed by atoms with van der Waals surface area (Å²) >= 11 is 13.4. The lowest BCUT2D eigenvalue weighted by Gasteiger charge is -2.50. The van der Waals surface area contributed by atoms with Crippen molar-refractivity contribution in [2.24, 2.45) is 22.7 Å². The quantitative estimate of drug-likeness (QED) is 0.0832. The van der Waals surface area contributed by atoms with E-state index in [4.69, 9.17) is 56.4 Å². The van der Waals surface area contributed by atoms with Crippen LogP contribution in [0.15, 0.2) is 84.9 Å². The van der Waals surface area contributed by atoms with Crippen molar-refractivity contribution in [2.45, 2.75) is 220 Å². The van der Waals surface area contributed by atoms with Gasteiger partial charge in [-0.15, -0.1) is 0 Å². The van der Waals surface area contributed by atoms with Gasteiger partial charge in [0.15, 0.2) is 12.2 Å². The Labute approximate surface area is 486 Å². The molecule has 4 aromatic carbocycles. The molecule has 0 radical (unpaired) electrons. The molecule has 436 valence electrons. The van der Waals surface area contributed by atoms with E-state index in [1.165, 1.54) is 116 Å². The second-order valence-electron chi connectivity index (χ2n) is 23.8. The molecule has 6 fully saturated rings. The summed E-state index contributed by atoms with van der Waals surface area (Å²) in [5, 5.41) is 1.31. The van der Waals surface area contributed by atoms with Crippen molar-refractivity contribution in [1.82, 2.24) is 0 Å². The van der Waals surface area contributed by atoms with Gasteiger partial charge in [-0.3, -0.25) is 19.2 Å². The van der Waals surface area contributed by atoms with Crippen LogP contribution in [0.1, 0.15) is 210 Å². The SMILES string of the molecule is C.C.CC[C@H]1OC(OC)(c2ccc(Cl)c(Cc3ccc(C4CCC5(CC5)C4)cc3)c2)[C@H](OC(C)=O)[C@@H](OC(C)=O)[C@@H]1C.CC[C@H]1O[C@@H](c2ccc(Cl)c(Cc3ccc(C4CCC5(CC5)C4)cc3)c2)[C@H](OC(C)=O)[C@@H](OC(C)=O)[C@@H]1C. The molecule has 2 aliphatic heterocycles. The molecule has 4 aromatic rings. The predicted octanol–water partition coefficient (Wildman–Crippen LogP) is 15.7. The number of hydrogen-bond acceptors (Lipinski definition) is 11. The Hall–Kier alpha value is -4.78. The summed E-state index contributed by atoms with van der Waals surface area (Å²) in [7, 11) is 1.52. The maximum atomic E-state index is 12.3. The first-order valence-electron chi connectivity index (χ1n) is 28.6. The molecule has 2 heterocycles. The number of carbonyl (C=O) groups is 4. The van der Waals surface area contributed by atoms with Crippen molar-refractivity contribution in [1.29, 1.82) is 0 Å². The van der Waals surface area contributed by atoms with E-state index in [-0.39, 0.29) is 38.9 Å². The number of carbonyl (C=O) groups excluding carboxylic acids is 4. The van der Waals surface area contributed by atoms with Crippen molar-refractivity contribution < 1.29 is 52.3 Å². The van der Waals surface area contributed by atoms with Crippen LogP contribution < -0.4 is 0 Å². The van der Waals surface area contributed by atoms with Crippen LogP contribution in [0.25, 0.3) is 0 Å². The van der Waals surface area contributed by atoms with Crippen LogP contribution in [0.3, 0.4) is 0 Å². The number of rotatable bonds is 15. The molecule has 13 heteroatoms. The van der Waals surface area contributed by atoms with Gasteiger partial charge in [-0.1, -0.05) is 132 Å². The van der Waals surface area contributed by atoms with Gasteiger partial charge in [-0.25, -0.2) is 0 Å². The van der Waals surface area contributed by atoms with Crippen LogP contribution in [0.2, 0.25) is 10.0 Å². The fourth-order valence-corrected chi connectivity index (χ4v) is 14.0. The molecule has 4 aliphatic carbocycles. The zero-order valence-corrected chi connectivity index (χ0v) is 48.6. The van der Waals surface area contributed by atoms with Crippen LogP contribution in [0.5, 0.6) is 0 Å². The van der Waals surface area contributed by atoms with Gasteiger partial charge in [-0.2, -0.15) is 0 Å². The lowest BCUT2D eigenvalue weighted by molar-refractivity contribution is -0.356. The fraction of sp³-hybridized carbons (Fsp3) is 0.582. The Kier molecular flexibility index (Phi) is 20.6. The lowest BCUT2D eigenvalue weighted by Crippen LogP contribution is -2.62. The molecule has 10 rings (SSSR count). The minimum absolute atomic E-state index is 0. The number of benzene rings is 4. The van der Waals surface area contributed by atoms with Gasteiger partial charge in [0.1, 0.15) is 18.3 Å². The molecule has 2 saturated heterocycles. The zero-order chi connectivity index (χ0) is 55.7. The van der Waals surface area contributed by atoms with Crippen molar-refractivity contribution in [3.05, 3.63) is 139 Å². The van der Waals surface area contributed by atoms with Crippen molar-refractivity contribution in [3.63, 3.8) is 0 Å². The maximum absolute atomic E-state index is 12.3. The van der Waals surface area contributed by atoms with Gasteiger partial charge < -0.3 is 33.2 Å². The summed E-state index contributed by atoms with van der Waals surface area (Å²) in [5.41, 5.74) is 9.97. The number of ether oxygens (including phenoxy) is 7. The number of methoxy groups -OCH3 is 1. The molecule has 0 bridgehead atoms. The summed E-state index contributed by atoms with van der Waals surface area (Å²) in [6, 6.07) is 29.4. The molecule has 12 atom stereocenters. The minimum atomic E-state index is -1.48. The zero-order valence-electron chi connectivity index (χ0n) is 47.1. The highest BCUT2D eigenvalue weighted by molar-refractivity contribution is 6.31. The molecule has 3 unspecified atom stereocenters. The molecule has 6 aliphatic rings. The Morgan fingerprint density at radius 3 is 1.44 bits per heavy atom. The standard InChI is InChI=1S/C33H41ClO6.C32H39ClO5.2CH4/c1-6-29-20(2)30(38-21(3)35)31(39-22(4)36)33(37-5,40-29)27-11-12-28(34)26(18-27)17-23-7-9-24(10-8-23)25-13-14-32(19-25)15-16-32;1-5-28-19(2)29(36-20(3)34)31(37-21(4)35)30(38-28)24-10-11-27(33)26(17-24)16-22-6-8-23(9-7-22)25-12-13-32(18-25)14-15-32;;/h7-12,18,20,25,29-31H,6,13-17,19H2,1-5H3;6-11,17,19,25,28-31H,5,12-16,18H2,1-4H3;2*1H4/t20-,25?,29-,30+,31-,33?;19-,25?,28-,29+,30+,31-;;/m11../s1. The molecule has 0 N–H and O–H groups in total. The van der Waals surface area contributed by atoms with E-state index >= 15 is 0 Å².